The van der Waals surface area contributed by atoms with Crippen molar-refractivity contribution in [1.82, 2.24) is 19.7 Å². The lowest BCUT2D eigenvalue weighted by Crippen LogP contribution is -2.28. The SMILES string of the molecule is CN(C)C(=O)c1cc(-c2ccc(OS(=O)(=O)C(F)(F)F)cn2)n(C)n1. The second-order valence-corrected chi connectivity index (χ2v) is 6.64. The number of halogens is 3. The van der Waals surface area contributed by atoms with Gasteiger partial charge in [-0.3, -0.25) is 14.5 Å². The zero-order valence-corrected chi connectivity index (χ0v) is 14.1. The van der Waals surface area contributed by atoms with Crippen LogP contribution >= 0.6 is 0 Å². The largest absolute Gasteiger partial charge is 0.534 e. The normalized spacial score (nSPS) is 12.1. The third-order valence-electron chi connectivity index (χ3n) is 2.99. The second kappa shape index (κ2) is 6.35. The van der Waals surface area contributed by atoms with Crippen LogP contribution in [0, 0.1) is 0 Å². The van der Waals surface area contributed by atoms with Crippen molar-refractivity contribution in [3.8, 4) is 17.1 Å². The molecule has 1 amide bonds. The summed E-state index contributed by atoms with van der Waals surface area (Å²) in [6, 6.07) is 3.73. The molecule has 0 atom stereocenters. The van der Waals surface area contributed by atoms with Crippen molar-refractivity contribution in [3.63, 3.8) is 0 Å². The molecule has 0 aromatic carbocycles. The van der Waals surface area contributed by atoms with E-state index in [0.717, 1.165) is 12.3 Å². The summed E-state index contributed by atoms with van der Waals surface area (Å²) in [6.07, 6.45) is 0.832. The average molecular weight is 378 g/mol. The zero-order chi connectivity index (χ0) is 19.0. The Morgan fingerprint density at radius 2 is 1.92 bits per heavy atom. The van der Waals surface area contributed by atoms with E-state index in [-0.39, 0.29) is 17.3 Å². The second-order valence-electron chi connectivity index (χ2n) is 5.10. The highest BCUT2D eigenvalue weighted by Crippen LogP contribution is 2.27. The van der Waals surface area contributed by atoms with Gasteiger partial charge in [0.15, 0.2) is 11.4 Å². The predicted octanol–water partition coefficient (Wildman–Crippen LogP) is 1.41. The fourth-order valence-corrected chi connectivity index (χ4v) is 2.24. The third-order valence-corrected chi connectivity index (χ3v) is 3.97. The summed E-state index contributed by atoms with van der Waals surface area (Å²) >= 11 is 0. The van der Waals surface area contributed by atoms with Crippen LogP contribution in [0.5, 0.6) is 5.75 Å². The molecule has 2 aromatic heterocycles. The van der Waals surface area contributed by atoms with Crippen molar-refractivity contribution in [2.24, 2.45) is 7.05 Å². The predicted molar refractivity (Wildman–Crippen MR) is 80.1 cm³/mol. The molecule has 0 N–H and O–H groups in total. The number of aryl methyl sites for hydroxylation is 1. The summed E-state index contributed by atoms with van der Waals surface area (Å²) in [5.41, 5.74) is -4.70. The fourth-order valence-electron chi connectivity index (χ4n) is 1.80. The number of carbonyl (C=O) groups is 1. The highest BCUT2D eigenvalue weighted by molar-refractivity contribution is 7.87. The number of rotatable bonds is 4. The van der Waals surface area contributed by atoms with Crippen molar-refractivity contribution < 1.29 is 30.6 Å². The van der Waals surface area contributed by atoms with Gasteiger partial charge in [0.1, 0.15) is 0 Å². The highest BCUT2D eigenvalue weighted by Gasteiger charge is 2.48. The van der Waals surface area contributed by atoms with Crippen LogP contribution in [0.1, 0.15) is 10.5 Å². The number of hydrogen-bond acceptors (Lipinski definition) is 6. The van der Waals surface area contributed by atoms with Crippen molar-refractivity contribution in [1.29, 1.82) is 0 Å². The van der Waals surface area contributed by atoms with Crippen LogP contribution in [0.2, 0.25) is 0 Å². The number of alkyl halides is 3. The number of aromatic nitrogens is 3. The molecule has 0 aliphatic carbocycles. The number of amides is 1. The maximum Gasteiger partial charge on any atom is 0.534 e. The standard InChI is InChI=1S/C13H13F3N4O4S/c1-19(2)12(21)10-6-11(20(3)18-10)9-5-4-8(7-17-9)24-25(22,23)13(14,15)16/h4-7H,1-3H3. The zero-order valence-electron chi connectivity index (χ0n) is 13.3. The van der Waals surface area contributed by atoms with Gasteiger partial charge in [0.25, 0.3) is 5.91 Å². The first kappa shape index (κ1) is 18.7. The summed E-state index contributed by atoms with van der Waals surface area (Å²) in [5.74, 6) is -0.925. The van der Waals surface area contributed by atoms with Gasteiger partial charge in [0.2, 0.25) is 0 Å². The van der Waals surface area contributed by atoms with E-state index in [2.05, 4.69) is 14.3 Å². The van der Waals surface area contributed by atoms with Gasteiger partial charge in [0.05, 0.1) is 17.6 Å². The lowest BCUT2D eigenvalue weighted by molar-refractivity contribution is -0.0500. The molecule has 8 nitrogen and oxygen atoms in total. The van der Waals surface area contributed by atoms with E-state index in [0.29, 0.717) is 5.69 Å². The van der Waals surface area contributed by atoms with Crippen LogP contribution in [0.15, 0.2) is 24.4 Å². The van der Waals surface area contributed by atoms with Crippen LogP contribution in [0.4, 0.5) is 13.2 Å². The van der Waals surface area contributed by atoms with E-state index in [1.54, 1.807) is 21.1 Å². The van der Waals surface area contributed by atoms with Crippen molar-refractivity contribution in [3.05, 3.63) is 30.1 Å². The maximum absolute atomic E-state index is 12.3. The van der Waals surface area contributed by atoms with E-state index in [9.17, 15) is 26.4 Å². The molecule has 0 bridgehead atoms. The number of nitrogens with zero attached hydrogens (tertiary/aromatic N) is 4. The van der Waals surface area contributed by atoms with E-state index >= 15 is 0 Å². The third kappa shape index (κ3) is 3.90. The Labute approximate surface area is 141 Å². The van der Waals surface area contributed by atoms with Crippen LogP contribution in [0.3, 0.4) is 0 Å². The van der Waals surface area contributed by atoms with Gasteiger partial charge >= 0.3 is 15.6 Å². The van der Waals surface area contributed by atoms with Gasteiger partial charge in [-0.2, -0.15) is 26.7 Å². The molecular formula is C13H13F3N4O4S. The van der Waals surface area contributed by atoms with Crippen molar-refractivity contribution >= 4 is 16.0 Å². The van der Waals surface area contributed by atoms with E-state index < -0.39 is 21.4 Å². The van der Waals surface area contributed by atoms with Gasteiger partial charge in [0, 0.05) is 21.1 Å². The molecule has 2 heterocycles. The fraction of sp³-hybridized carbons (Fsp3) is 0.308. The molecule has 0 aliphatic heterocycles. The Bertz CT molecular complexity index is 889. The smallest absolute Gasteiger partial charge is 0.374 e. The monoisotopic (exact) mass is 378 g/mol. The summed E-state index contributed by atoms with van der Waals surface area (Å²) < 4.78 is 64.1. The molecule has 136 valence electrons. The molecular weight excluding hydrogens is 365 g/mol. The van der Waals surface area contributed by atoms with Crippen LogP contribution < -0.4 is 4.18 Å². The summed E-state index contributed by atoms with van der Waals surface area (Å²) in [7, 11) is -1.09. The lowest BCUT2D eigenvalue weighted by atomic mass is 10.2. The Kier molecular flexibility index (Phi) is 4.75. The minimum Gasteiger partial charge on any atom is -0.374 e. The Morgan fingerprint density at radius 1 is 1.28 bits per heavy atom. The minimum absolute atomic E-state index is 0.157. The number of carbonyl (C=O) groups excluding carboxylic acids is 1. The van der Waals surface area contributed by atoms with Gasteiger partial charge in [-0.25, -0.2) is 0 Å². The average Bonchev–Trinajstić information content (AvgIpc) is 2.87. The van der Waals surface area contributed by atoms with E-state index in [4.69, 9.17) is 0 Å². The molecule has 0 fully saturated rings. The Morgan fingerprint density at radius 3 is 2.40 bits per heavy atom. The van der Waals surface area contributed by atoms with Gasteiger partial charge in [-0.1, -0.05) is 0 Å². The first-order valence-electron chi connectivity index (χ1n) is 6.65. The molecule has 0 saturated carbocycles. The minimum atomic E-state index is -5.76. The summed E-state index contributed by atoms with van der Waals surface area (Å²) in [5, 5.41) is 4.03. The molecule has 12 heteroatoms. The summed E-state index contributed by atoms with van der Waals surface area (Å²) in [6.45, 7) is 0. The van der Waals surface area contributed by atoms with E-state index in [1.165, 1.54) is 21.7 Å². The summed E-state index contributed by atoms with van der Waals surface area (Å²) in [4.78, 5) is 17.1. The molecule has 0 aliphatic rings. The van der Waals surface area contributed by atoms with Crippen molar-refractivity contribution in [2.75, 3.05) is 14.1 Å². The highest BCUT2D eigenvalue weighted by atomic mass is 32.2. The van der Waals surface area contributed by atoms with Gasteiger partial charge in [-0.15, -0.1) is 0 Å². The van der Waals surface area contributed by atoms with Crippen LogP contribution in [-0.4, -0.2) is 53.6 Å². The number of hydrogen-bond donors (Lipinski definition) is 0. The quantitative estimate of drug-likeness (QED) is 0.590. The lowest BCUT2D eigenvalue weighted by Gasteiger charge is -2.09. The number of pyridine rings is 1. The van der Waals surface area contributed by atoms with Crippen LogP contribution in [-0.2, 0) is 17.2 Å². The van der Waals surface area contributed by atoms with Gasteiger partial charge < -0.3 is 9.08 Å². The molecule has 0 unspecified atom stereocenters. The van der Waals surface area contributed by atoms with Gasteiger partial charge in [-0.05, 0) is 18.2 Å². The molecule has 2 rings (SSSR count). The van der Waals surface area contributed by atoms with Crippen LogP contribution in [0.25, 0.3) is 11.4 Å². The Balaban J connectivity index is 2.28. The first-order chi connectivity index (χ1) is 11.4. The topological polar surface area (TPSA) is 94.4 Å². The van der Waals surface area contributed by atoms with Crippen molar-refractivity contribution in [2.45, 2.75) is 5.51 Å². The molecule has 0 saturated heterocycles. The molecule has 0 spiro atoms. The maximum atomic E-state index is 12.3. The molecule has 0 radical (unpaired) electrons. The Hall–Kier alpha value is -2.63. The van der Waals surface area contributed by atoms with E-state index in [1.807, 2.05) is 0 Å². The first-order valence-corrected chi connectivity index (χ1v) is 8.06. The molecule has 25 heavy (non-hydrogen) atoms. The molecule has 2 aromatic rings.